The second-order valence-electron chi connectivity index (χ2n) is 2.90. The number of benzene rings is 1. The maximum atomic E-state index is 12.7. The maximum Gasteiger partial charge on any atom is 0.124 e. The van der Waals surface area contributed by atoms with E-state index in [2.05, 4.69) is 4.84 Å². The fourth-order valence-electron chi connectivity index (χ4n) is 1.14. The Morgan fingerprint density at radius 1 is 1.62 bits per heavy atom. The van der Waals surface area contributed by atoms with Gasteiger partial charge in [0.15, 0.2) is 0 Å². The summed E-state index contributed by atoms with van der Waals surface area (Å²) in [4.78, 5) is 4.49. The van der Waals surface area contributed by atoms with E-state index in [0.29, 0.717) is 11.6 Å². The summed E-state index contributed by atoms with van der Waals surface area (Å²) in [6, 6.07) is 4.29. The molecule has 0 saturated heterocycles. The standard InChI is InChI=1S/C9H11ClFNO/c1-6(5-13-12)8-3-2-7(11)4-9(8)10/h2-4,6H,5,12H2,1H3. The van der Waals surface area contributed by atoms with Crippen molar-refractivity contribution in [2.24, 2.45) is 5.90 Å². The van der Waals surface area contributed by atoms with E-state index >= 15 is 0 Å². The lowest BCUT2D eigenvalue weighted by molar-refractivity contribution is 0.126. The van der Waals surface area contributed by atoms with Crippen molar-refractivity contribution >= 4 is 11.6 Å². The Kier molecular flexibility index (Phi) is 3.66. The first-order chi connectivity index (χ1) is 6.15. The zero-order valence-electron chi connectivity index (χ0n) is 7.26. The Bertz CT molecular complexity index is 293. The van der Waals surface area contributed by atoms with Crippen LogP contribution >= 0.6 is 11.6 Å². The third-order valence-electron chi connectivity index (χ3n) is 1.84. The van der Waals surface area contributed by atoms with Gasteiger partial charge in [0.1, 0.15) is 5.82 Å². The molecule has 1 aromatic rings. The van der Waals surface area contributed by atoms with Crippen molar-refractivity contribution in [1.29, 1.82) is 0 Å². The van der Waals surface area contributed by atoms with Gasteiger partial charge in [0.25, 0.3) is 0 Å². The second kappa shape index (κ2) is 4.56. The molecule has 0 aromatic heterocycles. The van der Waals surface area contributed by atoms with E-state index in [0.717, 1.165) is 5.56 Å². The van der Waals surface area contributed by atoms with Crippen molar-refractivity contribution < 1.29 is 9.23 Å². The number of hydrogen-bond donors (Lipinski definition) is 1. The zero-order valence-corrected chi connectivity index (χ0v) is 8.01. The van der Waals surface area contributed by atoms with Crippen LogP contribution < -0.4 is 5.90 Å². The number of hydrogen-bond acceptors (Lipinski definition) is 2. The highest BCUT2D eigenvalue weighted by Gasteiger charge is 2.09. The molecule has 13 heavy (non-hydrogen) atoms. The summed E-state index contributed by atoms with van der Waals surface area (Å²) >= 11 is 5.82. The lowest BCUT2D eigenvalue weighted by Gasteiger charge is -2.11. The molecule has 1 aromatic carbocycles. The topological polar surface area (TPSA) is 35.2 Å². The molecule has 0 aliphatic heterocycles. The van der Waals surface area contributed by atoms with Crippen LogP contribution in [0, 0.1) is 5.82 Å². The van der Waals surface area contributed by atoms with E-state index in [9.17, 15) is 4.39 Å². The molecule has 1 rings (SSSR count). The summed E-state index contributed by atoms with van der Waals surface area (Å²) in [5, 5.41) is 0.407. The van der Waals surface area contributed by atoms with Gasteiger partial charge in [-0.25, -0.2) is 10.3 Å². The van der Waals surface area contributed by atoms with Gasteiger partial charge in [-0.1, -0.05) is 24.6 Å². The van der Waals surface area contributed by atoms with Crippen LogP contribution in [0.25, 0.3) is 0 Å². The molecule has 0 heterocycles. The van der Waals surface area contributed by atoms with Crippen LogP contribution in [-0.4, -0.2) is 6.61 Å². The first-order valence-corrected chi connectivity index (χ1v) is 4.29. The first-order valence-electron chi connectivity index (χ1n) is 3.91. The largest absolute Gasteiger partial charge is 0.304 e. The van der Waals surface area contributed by atoms with Gasteiger partial charge in [0.05, 0.1) is 6.61 Å². The fraction of sp³-hybridized carbons (Fsp3) is 0.333. The van der Waals surface area contributed by atoms with E-state index in [1.807, 2.05) is 6.92 Å². The molecule has 0 spiro atoms. The van der Waals surface area contributed by atoms with E-state index < -0.39 is 0 Å². The van der Waals surface area contributed by atoms with Gasteiger partial charge in [0.2, 0.25) is 0 Å². The highest BCUT2D eigenvalue weighted by molar-refractivity contribution is 6.31. The van der Waals surface area contributed by atoms with Crippen molar-refractivity contribution in [3.8, 4) is 0 Å². The lowest BCUT2D eigenvalue weighted by atomic mass is 10.0. The predicted molar refractivity (Wildman–Crippen MR) is 50.0 cm³/mol. The van der Waals surface area contributed by atoms with Crippen LogP contribution in [0.3, 0.4) is 0 Å². The Morgan fingerprint density at radius 3 is 2.85 bits per heavy atom. The summed E-state index contributed by atoms with van der Waals surface area (Å²) in [7, 11) is 0. The van der Waals surface area contributed by atoms with Crippen LogP contribution in [-0.2, 0) is 4.84 Å². The normalized spacial score (nSPS) is 12.9. The minimum Gasteiger partial charge on any atom is -0.304 e. The maximum absolute atomic E-state index is 12.7. The quantitative estimate of drug-likeness (QED) is 0.766. The van der Waals surface area contributed by atoms with E-state index in [1.165, 1.54) is 12.1 Å². The average molecular weight is 204 g/mol. The summed E-state index contributed by atoms with van der Waals surface area (Å²) in [6.45, 7) is 2.28. The molecule has 0 aliphatic carbocycles. The Labute approximate surface area is 81.4 Å². The second-order valence-corrected chi connectivity index (χ2v) is 3.31. The van der Waals surface area contributed by atoms with Crippen molar-refractivity contribution in [2.45, 2.75) is 12.8 Å². The third-order valence-corrected chi connectivity index (χ3v) is 2.17. The van der Waals surface area contributed by atoms with Crippen molar-refractivity contribution in [2.75, 3.05) is 6.61 Å². The van der Waals surface area contributed by atoms with Crippen LogP contribution in [0.1, 0.15) is 18.4 Å². The molecule has 1 unspecified atom stereocenters. The van der Waals surface area contributed by atoms with E-state index in [4.69, 9.17) is 17.5 Å². The van der Waals surface area contributed by atoms with Gasteiger partial charge in [0, 0.05) is 10.9 Å². The minimum atomic E-state index is -0.338. The SMILES string of the molecule is CC(CON)c1ccc(F)cc1Cl. The number of halogens is 2. The van der Waals surface area contributed by atoms with Gasteiger partial charge in [-0.05, 0) is 17.7 Å². The van der Waals surface area contributed by atoms with Crippen molar-refractivity contribution in [3.63, 3.8) is 0 Å². The van der Waals surface area contributed by atoms with Crippen molar-refractivity contribution in [1.82, 2.24) is 0 Å². The summed E-state index contributed by atoms with van der Waals surface area (Å²) in [5.74, 6) is 4.66. The summed E-state index contributed by atoms with van der Waals surface area (Å²) in [5.41, 5.74) is 0.841. The average Bonchev–Trinajstić information content (AvgIpc) is 2.04. The minimum absolute atomic E-state index is 0.0677. The number of nitrogens with two attached hydrogens (primary N) is 1. The highest BCUT2D eigenvalue weighted by atomic mass is 35.5. The van der Waals surface area contributed by atoms with Gasteiger partial charge in [-0.2, -0.15) is 0 Å². The molecule has 2 N–H and O–H groups in total. The first kappa shape index (κ1) is 10.4. The van der Waals surface area contributed by atoms with Crippen molar-refractivity contribution in [3.05, 3.63) is 34.6 Å². The molecule has 0 aliphatic rings. The van der Waals surface area contributed by atoms with Gasteiger partial charge >= 0.3 is 0 Å². The van der Waals surface area contributed by atoms with Crippen LogP contribution in [0.4, 0.5) is 4.39 Å². The van der Waals surface area contributed by atoms with Gasteiger partial charge < -0.3 is 4.84 Å². The Morgan fingerprint density at radius 2 is 2.31 bits per heavy atom. The predicted octanol–water partition coefficient (Wildman–Crippen LogP) is 2.47. The summed E-state index contributed by atoms with van der Waals surface area (Å²) < 4.78 is 12.7. The molecule has 0 radical (unpaired) electrons. The molecule has 1 atom stereocenters. The molecular weight excluding hydrogens is 193 g/mol. The molecule has 72 valence electrons. The molecule has 2 nitrogen and oxygen atoms in total. The Hall–Kier alpha value is -0.640. The molecular formula is C9H11ClFNO. The van der Waals surface area contributed by atoms with E-state index in [-0.39, 0.29) is 11.7 Å². The monoisotopic (exact) mass is 203 g/mol. The molecule has 0 fully saturated rings. The third kappa shape index (κ3) is 2.66. The van der Waals surface area contributed by atoms with Gasteiger partial charge in [-0.3, -0.25) is 0 Å². The molecule has 0 saturated carbocycles. The number of rotatable bonds is 3. The van der Waals surface area contributed by atoms with E-state index in [1.54, 1.807) is 6.07 Å². The lowest BCUT2D eigenvalue weighted by Crippen LogP contribution is -2.08. The Balaban J connectivity index is 2.88. The highest BCUT2D eigenvalue weighted by Crippen LogP contribution is 2.24. The molecule has 0 bridgehead atoms. The van der Waals surface area contributed by atoms with Gasteiger partial charge in [-0.15, -0.1) is 0 Å². The van der Waals surface area contributed by atoms with Crippen LogP contribution in [0.2, 0.25) is 5.02 Å². The smallest absolute Gasteiger partial charge is 0.124 e. The van der Waals surface area contributed by atoms with Crippen LogP contribution in [0.15, 0.2) is 18.2 Å². The fourth-order valence-corrected chi connectivity index (χ4v) is 1.49. The zero-order chi connectivity index (χ0) is 9.84. The summed E-state index contributed by atoms with van der Waals surface area (Å²) in [6.07, 6.45) is 0. The molecule has 0 amide bonds. The molecule has 4 heteroatoms. The van der Waals surface area contributed by atoms with Crippen LogP contribution in [0.5, 0.6) is 0 Å².